The molecule has 27 heavy (non-hydrogen) atoms. The number of hydrogen-bond acceptors (Lipinski definition) is 3. The fraction of sp³-hybridized carbons (Fsp3) is 0.130. The van der Waals surface area contributed by atoms with Crippen LogP contribution in [0.15, 0.2) is 90.0 Å². The van der Waals surface area contributed by atoms with Gasteiger partial charge < -0.3 is 0 Å². The number of hydrazone groups is 1. The summed E-state index contributed by atoms with van der Waals surface area (Å²) in [5, 5.41) is 16.5. The molecule has 0 spiro atoms. The molecule has 132 valence electrons. The average Bonchev–Trinajstić information content (AvgIpc) is 3.16. The van der Waals surface area contributed by atoms with Crippen molar-refractivity contribution < 1.29 is 4.39 Å². The standard InChI is InChI=1S/C23H18FN3/c24-20-13-11-19(12-14-20)23(16-25)27-22(18-9-5-2-6-10-18)15-21(26-27)17-7-3-1-4-8-17/h1-14,22-23H,15H2/t22-,23+/m0/s1. The normalized spacial score (nSPS) is 17.3. The molecule has 4 rings (SSSR count). The van der Waals surface area contributed by atoms with Crippen molar-refractivity contribution in [3.63, 3.8) is 0 Å². The summed E-state index contributed by atoms with van der Waals surface area (Å²) >= 11 is 0. The SMILES string of the molecule is N#C[C@H](c1ccc(F)cc1)N1N=C(c2ccccc2)C[C@H]1c1ccccc1. The van der Waals surface area contributed by atoms with E-state index >= 15 is 0 Å². The van der Waals surface area contributed by atoms with Gasteiger partial charge in [0.2, 0.25) is 0 Å². The summed E-state index contributed by atoms with van der Waals surface area (Å²) in [6.07, 6.45) is 0.716. The summed E-state index contributed by atoms with van der Waals surface area (Å²) in [6.45, 7) is 0. The molecule has 2 atom stereocenters. The van der Waals surface area contributed by atoms with Gasteiger partial charge in [0.15, 0.2) is 6.04 Å². The first-order chi connectivity index (χ1) is 13.3. The van der Waals surface area contributed by atoms with Crippen LogP contribution in [-0.2, 0) is 0 Å². The van der Waals surface area contributed by atoms with Gasteiger partial charge in [-0.15, -0.1) is 0 Å². The van der Waals surface area contributed by atoms with Crippen molar-refractivity contribution in [3.05, 3.63) is 107 Å². The van der Waals surface area contributed by atoms with Crippen LogP contribution in [0.5, 0.6) is 0 Å². The van der Waals surface area contributed by atoms with Crippen molar-refractivity contribution in [2.45, 2.75) is 18.5 Å². The van der Waals surface area contributed by atoms with Crippen molar-refractivity contribution in [1.82, 2.24) is 5.01 Å². The molecule has 0 bridgehead atoms. The Kier molecular flexibility index (Phi) is 4.67. The Morgan fingerprint density at radius 2 is 1.56 bits per heavy atom. The fourth-order valence-corrected chi connectivity index (χ4v) is 3.45. The van der Waals surface area contributed by atoms with E-state index in [0.29, 0.717) is 6.42 Å². The molecule has 0 aromatic heterocycles. The van der Waals surface area contributed by atoms with Crippen molar-refractivity contribution in [2.75, 3.05) is 0 Å². The van der Waals surface area contributed by atoms with Crippen molar-refractivity contribution >= 4 is 5.71 Å². The van der Waals surface area contributed by atoms with Crippen LogP contribution < -0.4 is 0 Å². The summed E-state index contributed by atoms with van der Waals surface area (Å²) in [7, 11) is 0. The number of hydrogen-bond donors (Lipinski definition) is 0. The molecule has 0 unspecified atom stereocenters. The highest BCUT2D eigenvalue weighted by Gasteiger charge is 2.34. The summed E-state index contributed by atoms with van der Waals surface area (Å²) in [6, 6.07) is 27.9. The maximum absolute atomic E-state index is 13.3. The molecular weight excluding hydrogens is 337 g/mol. The molecule has 1 aliphatic heterocycles. The Bertz CT molecular complexity index is 976. The van der Waals surface area contributed by atoms with Gasteiger partial charge in [0.05, 0.1) is 17.8 Å². The largest absolute Gasteiger partial charge is 0.267 e. The van der Waals surface area contributed by atoms with Crippen molar-refractivity contribution in [3.8, 4) is 6.07 Å². The minimum absolute atomic E-state index is 0.0453. The molecule has 0 saturated heterocycles. The van der Waals surface area contributed by atoms with Crippen LogP contribution in [0.1, 0.15) is 35.2 Å². The van der Waals surface area contributed by atoms with Crippen molar-refractivity contribution in [1.29, 1.82) is 5.26 Å². The third-order valence-corrected chi connectivity index (χ3v) is 4.81. The van der Waals surface area contributed by atoms with Crippen molar-refractivity contribution in [2.24, 2.45) is 5.10 Å². The highest BCUT2D eigenvalue weighted by Crippen LogP contribution is 2.38. The molecular formula is C23H18FN3. The highest BCUT2D eigenvalue weighted by molar-refractivity contribution is 6.01. The predicted octanol–water partition coefficient (Wildman–Crippen LogP) is 5.24. The Hall–Kier alpha value is -3.45. The monoisotopic (exact) mass is 355 g/mol. The summed E-state index contributed by atoms with van der Waals surface area (Å²) < 4.78 is 13.3. The molecule has 0 radical (unpaired) electrons. The molecule has 4 heteroatoms. The Morgan fingerprint density at radius 1 is 0.926 bits per heavy atom. The number of rotatable bonds is 4. The molecule has 0 fully saturated rings. The topological polar surface area (TPSA) is 39.4 Å². The smallest absolute Gasteiger partial charge is 0.159 e. The van der Waals surface area contributed by atoms with E-state index in [1.54, 1.807) is 12.1 Å². The molecule has 3 aromatic rings. The zero-order valence-electron chi connectivity index (χ0n) is 14.7. The maximum Gasteiger partial charge on any atom is 0.159 e. The number of nitriles is 1. The lowest BCUT2D eigenvalue weighted by molar-refractivity contribution is 0.196. The zero-order chi connectivity index (χ0) is 18.6. The van der Waals surface area contributed by atoms with E-state index in [1.807, 2.05) is 53.5 Å². The van der Waals surface area contributed by atoms with Gasteiger partial charge in [0.25, 0.3) is 0 Å². The second kappa shape index (κ2) is 7.43. The van der Waals surface area contributed by atoms with E-state index in [-0.39, 0.29) is 11.9 Å². The lowest BCUT2D eigenvalue weighted by Crippen LogP contribution is -2.24. The Balaban J connectivity index is 1.76. The summed E-state index contributed by atoms with van der Waals surface area (Å²) in [5.74, 6) is -0.315. The third kappa shape index (κ3) is 3.45. The second-order valence-corrected chi connectivity index (χ2v) is 6.51. The van der Waals surface area contributed by atoms with E-state index in [2.05, 4.69) is 18.2 Å². The fourth-order valence-electron chi connectivity index (χ4n) is 3.45. The van der Waals surface area contributed by atoms with E-state index in [1.165, 1.54) is 12.1 Å². The van der Waals surface area contributed by atoms with Crippen LogP contribution in [0.3, 0.4) is 0 Å². The molecule has 0 amide bonds. The molecule has 3 nitrogen and oxygen atoms in total. The van der Waals surface area contributed by atoms with Gasteiger partial charge in [0.1, 0.15) is 5.82 Å². The van der Waals surface area contributed by atoms with Crippen LogP contribution in [0.2, 0.25) is 0 Å². The summed E-state index contributed by atoms with van der Waals surface area (Å²) in [5.41, 5.74) is 3.84. The van der Waals surface area contributed by atoms with E-state index < -0.39 is 6.04 Å². The average molecular weight is 355 g/mol. The van der Waals surface area contributed by atoms with E-state index in [9.17, 15) is 9.65 Å². The van der Waals surface area contributed by atoms with Crippen LogP contribution in [0.4, 0.5) is 4.39 Å². The number of benzene rings is 3. The van der Waals surface area contributed by atoms with Gasteiger partial charge in [-0.3, -0.25) is 5.01 Å². The Labute approximate surface area is 158 Å². The molecule has 0 N–H and O–H groups in total. The van der Waals surface area contributed by atoms with Gasteiger partial charge in [-0.05, 0) is 28.8 Å². The van der Waals surface area contributed by atoms with Crippen LogP contribution in [-0.4, -0.2) is 10.7 Å². The van der Waals surface area contributed by atoms with Crippen LogP contribution >= 0.6 is 0 Å². The van der Waals surface area contributed by atoms with Gasteiger partial charge in [-0.25, -0.2) is 4.39 Å². The molecule has 1 heterocycles. The molecule has 0 aliphatic carbocycles. The summed E-state index contributed by atoms with van der Waals surface area (Å²) in [4.78, 5) is 0. The number of halogens is 1. The first-order valence-corrected chi connectivity index (χ1v) is 8.87. The molecule has 0 saturated carbocycles. The van der Waals surface area contributed by atoms with Crippen LogP contribution in [0, 0.1) is 17.1 Å². The number of nitrogens with zero attached hydrogens (tertiary/aromatic N) is 3. The van der Waals surface area contributed by atoms with E-state index in [0.717, 1.165) is 22.4 Å². The Morgan fingerprint density at radius 3 is 2.19 bits per heavy atom. The van der Waals surface area contributed by atoms with E-state index in [4.69, 9.17) is 5.10 Å². The first-order valence-electron chi connectivity index (χ1n) is 8.87. The molecule has 1 aliphatic rings. The first kappa shape index (κ1) is 17.0. The quantitative estimate of drug-likeness (QED) is 0.642. The zero-order valence-corrected chi connectivity index (χ0v) is 14.7. The van der Waals surface area contributed by atoms with Crippen LogP contribution in [0.25, 0.3) is 0 Å². The van der Waals surface area contributed by atoms with Gasteiger partial charge in [0, 0.05) is 6.42 Å². The lowest BCUT2D eigenvalue weighted by Gasteiger charge is -2.28. The third-order valence-electron chi connectivity index (χ3n) is 4.81. The predicted molar refractivity (Wildman–Crippen MR) is 103 cm³/mol. The van der Waals surface area contributed by atoms with Gasteiger partial charge in [-0.2, -0.15) is 10.4 Å². The second-order valence-electron chi connectivity index (χ2n) is 6.51. The minimum atomic E-state index is -0.586. The highest BCUT2D eigenvalue weighted by atomic mass is 19.1. The lowest BCUT2D eigenvalue weighted by atomic mass is 9.97. The minimum Gasteiger partial charge on any atom is -0.267 e. The van der Waals surface area contributed by atoms with Gasteiger partial charge in [-0.1, -0.05) is 72.8 Å². The maximum atomic E-state index is 13.3. The molecule has 3 aromatic carbocycles. The van der Waals surface area contributed by atoms with Gasteiger partial charge >= 0.3 is 0 Å².